The number of rotatable bonds is 4. The molecule has 0 spiro atoms. The lowest BCUT2D eigenvalue weighted by Gasteiger charge is -2.15. The summed E-state index contributed by atoms with van der Waals surface area (Å²) >= 11 is 0. The highest BCUT2D eigenvalue weighted by Gasteiger charge is 2.29. The Morgan fingerprint density at radius 3 is 2.74 bits per heavy atom. The molecule has 2 atom stereocenters. The quantitative estimate of drug-likeness (QED) is 0.713. The van der Waals surface area contributed by atoms with E-state index in [1.54, 1.807) is 31.3 Å². The molecule has 8 heteroatoms. The summed E-state index contributed by atoms with van der Waals surface area (Å²) < 4.78 is 34.3. The Morgan fingerprint density at radius 2 is 2.07 bits per heavy atom. The molecule has 27 heavy (non-hydrogen) atoms. The van der Waals surface area contributed by atoms with E-state index in [0.29, 0.717) is 47.2 Å². The lowest BCUT2D eigenvalue weighted by atomic mass is 10.0. The average molecular weight is 387 g/mol. The number of hydrogen-bond donors (Lipinski definition) is 2. The summed E-state index contributed by atoms with van der Waals surface area (Å²) in [6, 6.07) is 6.69. The average Bonchev–Trinajstić information content (AvgIpc) is 3.18. The van der Waals surface area contributed by atoms with Gasteiger partial charge in [0.25, 0.3) is 0 Å². The van der Waals surface area contributed by atoms with Crippen LogP contribution in [0.2, 0.25) is 0 Å². The van der Waals surface area contributed by atoms with Crippen LogP contribution in [0.3, 0.4) is 0 Å². The Labute approximate surface area is 157 Å². The van der Waals surface area contributed by atoms with Gasteiger partial charge in [0.2, 0.25) is 10.0 Å². The minimum Gasteiger partial charge on any atom is -0.393 e. The lowest BCUT2D eigenvalue weighted by Crippen LogP contribution is -2.33. The summed E-state index contributed by atoms with van der Waals surface area (Å²) in [5.74, 6) is 0.623. The van der Waals surface area contributed by atoms with Gasteiger partial charge < -0.3 is 9.63 Å². The third-order valence-electron chi connectivity index (χ3n) is 5.02. The van der Waals surface area contributed by atoms with Gasteiger partial charge in [0.15, 0.2) is 0 Å². The van der Waals surface area contributed by atoms with Crippen molar-refractivity contribution in [3.63, 3.8) is 0 Å². The fraction of sp³-hybridized carbons (Fsp3) is 0.368. The monoisotopic (exact) mass is 387 g/mol. The van der Waals surface area contributed by atoms with Crippen LogP contribution >= 0.6 is 0 Å². The predicted molar refractivity (Wildman–Crippen MR) is 101 cm³/mol. The van der Waals surface area contributed by atoms with E-state index in [2.05, 4.69) is 14.9 Å². The first-order valence-electron chi connectivity index (χ1n) is 8.87. The van der Waals surface area contributed by atoms with E-state index < -0.39 is 16.1 Å². The molecule has 2 unspecified atom stereocenters. The second-order valence-electron chi connectivity index (χ2n) is 7.03. The number of aromatic nitrogens is 2. The zero-order valence-corrected chi connectivity index (χ0v) is 16.0. The normalized spacial score (nSPS) is 20.4. The molecule has 4 rings (SSSR count). The van der Waals surface area contributed by atoms with Crippen LogP contribution in [0.5, 0.6) is 0 Å². The largest absolute Gasteiger partial charge is 0.393 e. The molecule has 1 aliphatic carbocycles. The van der Waals surface area contributed by atoms with Crippen molar-refractivity contribution in [1.82, 2.24) is 14.9 Å². The van der Waals surface area contributed by atoms with E-state index in [-0.39, 0.29) is 10.9 Å². The Balaban J connectivity index is 1.86. The van der Waals surface area contributed by atoms with E-state index in [1.807, 2.05) is 13.0 Å². The van der Waals surface area contributed by atoms with Crippen LogP contribution in [0, 0.1) is 13.8 Å². The molecule has 0 amide bonds. The molecule has 1 fully saturated rings. The molecular weight excluding hydrogens is 366 g/mol. The molecule has 2 N–H and O–H groups in total. The van der Waals surface area contributed by atoms with Gasteiger partial charge in [-0.05, 0) is 62.9 Å². The van der Waals surface area contributed by atoms with Crippen molar-refractivity contribution in [2.45, 2.75) is 50.2 Å². The SMILES string of the molecule is Cc1noc(C)c1-c1cc(S(=O)(=O)NC2CCC(O)C2)c2cccnc2c1. The van der Waals surface area contributed by atoms with Gasteiger partial charge in [-0.25, -0.2) is 13.1 Å². The molecule has 0 bridgehead atoms. The van der Waals surface area contributed by atoms with Gasteiger partial charge in [-0.2, -0.15) is 0 Å². The van der Waals surface area contributed by atoms with Crippen LogP contribution in [0.1, 0.15) is 30.7 Å². The lowest BCUT2D eigenvalue weighted by molar-refractivity contribution is 0.181. The molecule has 1 aliphatic rings. The molecule has 0 saturated heterocycles. The van der Waals surface area contributed by atoms with Gasteiger partial charge in [-0.15, -0.1) is 0 Å². The number of aliphatic hydroxyl groups is 1. The highest BCUT2D eigenvalue weighted by molar-refractivity contribution is 7.89. The predicted octanol–water partition coefficient (Wildman–Crippen LogP) is 2.70. The third-order valence-corrected chi connectivity index (χ3v) is 6.58. The van der Waals surface area contributed by atoms with Gasteiger partial charge in [0.05, 0.1) is 22.2 Å². The van der Waals surface area contributed by atoms with Crippen molar-refractivity contribution in [2.75, 3.05) is 0 Å². The number of benzene rings is 1. The van der Waals surface area contributed by atoms with Crippen molar-refractivity contribution in [1.29, 1.82) is 0 Å². The minimum atomic E-state index is -3.79. The van der Waals surface area contributed by atoms with E-state index in [9.17, 15) is 13.5 Å². The maximum atomic E-state index is 13.1. The molecule has 2 aromatic heterocycles. The first-order valence-corrected chi connectivity index (χ1v) is 10.4. The van der Waals surface area contributed by atoms with Crippen molar-refractivity contribution < 1.29 is 18.0 Å². The van der Waals surface area contributed by atoms with Gasteiger partial charge in [0, 0.05) is 23.2 Å². The van der Waals surface area contributed by atoms with Crippen LogP contribution in [0.25, 0.3) is 22.0 Å². The zero-order chi connectivity index (χ0) is 19.2. The highest BCUT2D eigenvalue weighted by atomic mass is 32.2. The molecule has 7 nitrogen and oxygen atoms in total. The minimum absolute atomic E-state index is 0.171. The molecule has 142 valence electrons. The van der Waals surface area contributed by atoms with Crippen LogP contribution in [0.15, 0.2) is 39.9 Å². The van der Waals surface area contributed by atoms with Crippen LogP contribution in [-0.4, -0.2) is 35.8 Å². The second kappa shape index (κ2) is 6.70. The molecule has 0 radical (unpaired) electrons. The number of nitrogens with one attached hydrogen (secondary N) is 1. The number of hydrogen-bond acceptors (Lipinski definition) is 6. The van der Waals surface area contributed by atoms with Crippen LogP contribution in [-0.2, 0) is 10.0 Å². The fourth-order valence-corrected chi connectivity index (χ4v) is 5.28. The maximum Gasteiger partial charge on any atom is 0.241 e. The van der Waals surface area contributed by atoms with Crippen molar-refractivity contribution >= 4 is 20.9 Å². The second-order valence-corrected chi connectivity index (χ2v) is 8.71. The first-order chi connectivity index (χ1) is 12.8. The maximum absolute atomic E-state index is 13.1. The van der Waals surface area contributed by atoms with Gasteiger partial charge in [-0.1, -0.05) is 5.16 Å². The first kappa shape index (κ1) is 18.1. The third kappa shape index (κ3) is 3.36. The Hall–Kier alpha value is -2.29. The van der Waals surface area contributed by atoms with E-state index in [1.165, 1.54) is 0 Å². The molecule has 3 aromatic rings. The summed E-state index contributed by atoms with van der Waals surface area (Å²) in [4.78, 5) is 4.52. The van der Waals surface area contributed by atoms with E-state index in [0.717, 1.165) is 5.56 Å². The Morgan fingerprint density at radius 1 is 1.26 bits per heavy atom. The number of nitrogens with zero attached hydrogens (tertiary/aromatic N) is 2. The van der Waals surface area contributed by atoms with Crippen molar-refractivity contribution in [2.24, 2.45) is 0 Å². The fourth-order valence-electron chi connectivity index (χ4n) is 3.76. The van der Waals surface area contributed by atoms with Crippen LogP contribution in [0.4, 0.5) is 0 Å². The highest BCUT2D eigenvalue weighted by Crippen LogP contribution is 2.33. The van der Waals surface area contributed by atoms with E-state index in [4.69, 9.17) is 4.52 Å². The summed E-state index contributed by atoms with van der Waals surface area (Å²) in [6.07, 6.45) is 2.84. The Kier molecular flexibility index (Phi) is 4.49. The molecule has 1 saturated carbocycles. The van der Waals surface area contributed by atoms with E-state index >= 15 is 0 Å². The van der Waals surface area contributed by atoms with Crippen molar-refractivity contribution in [3.8, 4) is 11.1 Å². The number of aryl methyl sites for hydroxylation is 2. The molecular formula is C19H21N3O4S. The van der Waals surface area contributed by atoms with Gasteiger partial charge in [0.1, 0.15) is 5.76 Å². The van der Waals surface area contributed by atoms with Crippen LogP contribution < -0.4 is 4.72 Å². The van der Waals surface area contributed by atoms with Crippen molar-refractivity contribution in [3.05, 3.63) is 41.9 Å². The van der Waals surface area contributed by atoms with Gasteiger partial charge >= 0.3 is 0 Å². The topological polar surface area (TPSA) is 105 Å². The smallest absolute Gasteiger partial charge is 0.241 e. The summed E-state index contributed by atoms with van der Waals surface area (Å²) in [5.41, 5.74) is 2.75. The molecule has 2 heterocycles. The number of aliphatic hydroxyl groups excluding tert-OH is 1. The number of pyridine rings is 1. The van der Waals surface area contributed by atoms with Gasteiger partial charge in [-0.3, -0.25) is 4.98 Å². The number of sulfonamides is 1. The molecule has 1 aromatic carbocycles. The standard InChI is InChI=1S/C19H21N3O4S/c1-11-19(12(2)26-21-11)13-8-17-16(4-3-7-20-17)18(9-13)27(24,25)22-14-5-6-15(23)10-14/h3-4,7-9,14-15,22-23H,5-6,10H2,1-2H3. The molecule has 0 aliphatic heterocycles. The summed E-state index contributed by atoms with van der Waals surface area (Å²) in [5, 5.41) is 14.2. The number of fused-ring (bicyclic) bond motifs is 1. The summed E-state index contributed by atoms with van der Waals surface area (Å²) in [7, 11) is -3.79. The Bertz CT molecular complexity index is 1090. The zero-order valence-electron chi connectivity index (χ0n) is 15.1. The summed E-state index contributed by atoms with van der Waals surface area (Å²) in [6.45, 7) is 3.62.